The second kappa shape index (κ2) is 11.2. The molecule has 0 bridgehead atoms. The number of likely N-dealkylation sites (tertiary alicyclic amines) is 1. The fourth-order valence-corrected chi connectivity index (χ4v) is 6.12. The molecule has 1 saturated carbocycles. The number of hydrogen-bond donors (Lipinski definition) is 1. The van der Waals surface area contributed by atoms with Crippen LogP contribution in [0.5, 0.6) is 0 Å². The molecule has 6 nitrogen and oxygen atoms in total. The Morgan fingerprint density at radius 2 is 1.74 bits per heavy atom. The number of hydrogen-bond acceptors (Lipinski definition) is 4. The van der Waals surface area contributed by atoms with Gasteiger partial charge in [-0.05, 0) is 55.7 Å². The van der Waals surface area contributed by atoms with E-state index in [0.29, 0.717) is 38.3 Å². The Hall–Kier alpha value is -2.29. The van der Waals surface area contributed by atoms with Crippen LogP contribution in [0.4, 0.5) is 18.9 Å². The van der Waals surface area contributed by atoms with Gasteiger partial charge in [-0.2, -0.15) is 13.2 Å². The lowest BCUT2D eigenvalue weighted by Crippen LogP contribution is -3.15. The van der Waals surface area contributed by atoms with Crippen molar-refractivity contribution in [3.8, 4) is 0 Å². The molecule has 194 valence electrons. The van der Waals surface area contributed by atoms with Crippen molar-refractivity contribution >= 4 is 17.6 Å². The minimum atomic E-state index is -4.35. The zero-order valence-electron chi connectivity index (χ0n) is 20.2. The summed E-state index contributed by atoms with van der Waals surface area (Å²) < 4.78 is 39.2. The standard InChI is InChI=1S/C26H36F3N3O3/c27-26(28,29)22-6-3-7-23(17-22)31-14-12-30(13-15-31)10-8-21-18-32(11-9-20(21)16-24(33)34)25(35)19-4-1-2-5-19/h3,6-7,17,19-21H,1-2,4-5,8-16,18H2,(H,33,34)/t20-,21-/m0/s1. The molecule has 0 radical (unpaired) electrons. The lowest BCUT2D eigenvalue weighted by atomic mass is 9.80. The van der Waals surface area contributed by atoms with Crippen molar-refractivity contribution in [2.24, 2.45) is 17.8 Å². The van der Waals surface area contributed by atoms with Crippen LogP contribution in [0.15, 0.2) is 24.3 Å². The first kappa shape index (κ1) is 25.8. The van der Waals surface area contributed by atoms with E-state index in [1.54, 1.807) is 6.07 Å². The smallest absolute Gasteiger partial charge is 0.416 e. The highest BCUT2D eigenvalue weighted by atomic mass is 19.4. The number of quaternary nitrogens is 1. The minimum absolute atomic E-state index is 0.0263. The van der Waals surface area contributed by atoms with Crippen LogP contribution in [0.1, 0.15) is 50.5 Å². The lowest BCUT2D eigenvalue weighted by Gasteiger charge is -2.41. The molecule has 9 heteroatoms. The lowest BCUT2D eigenvalue weighted by molar-refractivity contribution is -0.901. The van der Waals surface area contributed by atoms with Gasteiger partial charge in [0, 0.05) is 37.1 Å². The Bertz CT molecular complexity index is 880. The molecule has 0 aromatic heterocycles. The number of nitrogens with one attached hydrogen (secondary N) is 1. The average Bonchev–Trinajstić information content (AvgIpc) is 3.38. The van der Waals surface area contributed by atoms with Crippen LogP contribution in [-0.2, 0) is 15.8 Å². The zero-order valence-corrected chi connectivity index (χ0v) is 20.2. The molecule has 2 heterocycles. The van der Waals surface area contributed by atoms with Crippen molar-refractivity contribution in [1.29, 1.82) is 0 Å². The highest BCUT2D eigenvalue weighted by Crippen LogP contribution is 2.33. The maximum atomic E-state index is 13.1. The summed E-state index contributed by atoms with van der Waals surface area (Å²) in [5.74, 6) is -0.499. The Morgan fingerprint density at radius 3 is 2.40 bits per heavy atom. The molecule has 4 rings (SSSR count). The molecule has 1 aliphatic carbocycles. The van der Waals surface area contributed by atoms with Crippen LogP contribution < -0.4 is 14.9 Å². The van der Waals surface area contributed by atoms with E-state index in [0.717, 1.165) is 57.8 Å². The number of carbonyl (C=O) groups excluding carboxylic acids is 2. The van der Waals surface area contributed by atoms with Gasteiger partial charge in [0.1, 0.15) is 0 Å². The maximum absolute atomic E-state index is 13.1. The number of aliphatic carboxylic acids is 1. The summed E-state index contributed by atoms with van der Waals surface area (Å²) in [5, 5.41) is 11.3. The summed E-state index contributed by atoms with van der Waals surface area (Å²) in [5.41, 5.74) is -0.0287. The second-order valence-electron chi connectivity index (χ2n) is 10.5. The first-order chi connectivity index (χ1) is 16.7. The third-order valence-electron chi connectivity index (χ3n) is 8.21. The molecule has 2 aliphatic heterocycles. The van der Waals surface area contributed by atoms with Gasteiger partial charge in [-0.1, -0.05) is 18.9 Å². The van der Waals surface area contributed by atoms with Gasteiger partial charge in [-0.3, -0.25) is 4.79 Å². The fourth-order valence-electron chi connectivity index (χ4n) is 6.12. The minimum Gasteiger partial charge on any atom is -0.550 e. The van der Waals surface area contributed by atoms with Crippen molar-refractivity contribution in [3.05, 3.63) is 29.8 Å². The summed E-state index contributed by atoms with van der Waals surface area (Å²) in [4.78, 5) is 29.6. The van der Waals surface area contributed by atoms with Gasteiger partial charge in [-0.25, -0.2) is 0 Å². The molecule has 2 saturated heterocycles. The third-order valence-corrected chi connectivity index (χ3v) is 8.21. The van der Waals surface area contributed by atoms with Gasteiger partial charge >= 0.3 is 6.18 Å². The molecule has 1 aromatic carbocycles. The zero-order chi connectivity index (χ0) is 25.0. The Morgan fingerprint density at radius 1 is 1.03 bits per heavy atom. The Labute approximate surface area is 205 Å². The van der Waals surface area contributed by atoms with Crippen molar-refractivity contribution < 1.29 is 32.8 Å². The summed E-state index contributed by atoms with van der Waals surface area (Å²) in [6, 6.07) is 5.49. The number of piperazine rings is 1. The molecular formula is C26H36F3N3O3. The van der Waals surface area contributed by atoms with Crippen LogP contribution in [0, 0.1) is 17.8 Å². The number of carbonyl (C=O) groups is 2. The number of anilines is 1. The average molecular weight is 496 g/mol. The molecule has 1 N–H and O–H groups in total. The van der Waals surface area contributed by atoms with Crippen LogP contribution in [-0.4, -0.2) is 62.6 Å². The van der Waals surface area contributed by atoms with Gasteiger partial charge in [0.2, 0.25) is 5.91 Å². The van der Waals surface area contributed by atoms with E-state index in [1.807, 2.05) is 9.80 Å². The molecule has 0 unspecified atom stereocenters. The molecular weight excluding hydrogens is 459 g/mol. The van der Waals surface area contributed by atoms with E-state index in [-0.39, 0.29) is 30.1 Å². The van der Waals surface area contributed by atoms with Gasteiger partial charge < -0.3 is 24.6 Å². The topological polar surface area (TPSA) is 68.1 Å². The first-order valence-corrected chi connectivity index (χ1v) is 12.9. The van der Waals surface area contributed by atoms with Crippen LogP contribution in [0.3, 0.4) is 0 Å². The second-order valence-corrected chi connectivity index (χ2v) is 10.5. The van der Waals surface area contributed by atoms with E-state index in [1.165, 1.54) is 17.0 Å². The number of nitrogens with zero attached hydrogens (tertiary/aromatic N) is 2. The van der Waals surface area contributed by atoms with Crippen LogP contribution >= 0.6 is 0 Å². The quantitative estimate of drug-likeness (QED) is 0.624. The first-order valence-electron chi connectivity index (χ1n) is 12.9. The molecule has 3 aliphatic rings. The number of rotatable bonds is 7. The van der Waals surface area contributed by atoms with E-state index in [9.17, 15) is 27.9 Å². The van der Waals surface area contributed by atoms with Gasteiger partial charge in [0.15, 0.2) is 0 Å². The highest BCUT2D eigenvalue weighted by Gasteiger charge is 2.36. The summed E-state index contributed by atoms with van der Waals surface area (Å²) >= 11 is 0. The number of carboxylic acid groups (broad SMARTS) is 1. The van der Waals surface area contributed by atoms with E-state index in [2.05, 4.69) is 0 Å². The van der Waals surface area contributed by atoms with Gasteiger partial charge in [0.05, 0.1) is 38.3 Å². The largest absolute Gasteiger partial charge is 0.550 e. The van der Waals surface area contributed by atoms with Gasteiger partial charge in [0.25, 0.3) is 0 Å². The van der Waals surface area contributed by atoms with Gasteiger partial charge in [-0.15, -0.1) is 0 Å². The number of alkyl halides is 3. The number of benzene rings is 1. The Balaban J connectivity index is 1.30. The fraction of sp³-hybridized carbons (Fsp3) is 0.692. The van der Waals surface area contributed by atoms with Crippen molar-refractivity contribution in [1.82, 2.24) is 4.90 Å². The van der Waals surface area contributed by atoms with E-state index in [4.69, 9.17) is 0 Å². The third kappa shape index (κ3) is 6.68. The predicted octanol–water partition coefficient (Wildman–Crippen LogP) is 1.60. The monoisotopic (exact) mass is 495 g/mol. The van der Waals surface area contributed by atoms with Crippen molar-refractivity contribution in [2.45, 2.75) is 51.1 Å². The molecule has 3 fully saturated rings. The maximum Gasteiger partial charge on any atom is 0.416 e. The summed E-state index contributed by atoms with van der Waals surface area (Å²) in [6.45, 7) is 5.11. The van der Waals surface area contributed by atoms with Crippen molar-refractivity contribution in [2.75, 3.05) is 50.7 Å². The highest BCUT2D eigenvalue weighted by molar-refractivity contribution is 5.79. The number of piperidine rings is 1. The number of halogens is 3. The predicted molar refractivity (Wildman–Crippen MR) is 124 cm³/mol. The van der Waals surface area contributed by atoms with E-state index < -0.39 is 17.7 Å². The summed E-state index contributed by atoms with van der Waals surface area (Å²) in [6.07, 6.45) is 1.37. The molecule has 0 spiro atoms. The number of amides is 1. The Kier molecular flexibility index (Phi) is 8.24. The van der Waals surface area contributed by atoms with E-state index >= 15 is 0 Å². The number of carboxylic acids is 1. The van der Waals surface area contributed by atoms with Crippen LogP contribution in [0.25, 0.3) is 0 Å². The normalized spacial score (nSPS) is 24.7. The van der Waals surface area contributed by atoms with Crippen molar-refractivity contribution in [3.63, 3.8) is 0 Å². The molecule has 1 amide bonds. The SMILES string of the molecule is O=C([O-])C[C@@H]1CCN(C(=O)C2CCCC2)C[C@@H]1CC[NH+]1CCN(c2cccc(C(F)(F)F)c2)CC1. The molecule has 35 heavy (non-hydrogen) atoms. The van der Waals surface area contributed by atoms with Crippen LogP contribution in [0.2, 0.25) is 0 Å². The molecule has 2 atom stereocenters. The summed E-state index contributed by atoms with van der Waals surface area (Å²) in [7, 11) is 0. The molecule has 1 aromatic rings.